The van der Waals surface area contributed by atoms with Gasteiger partial charge in [-0.25, -0.2) is 0 Å². The third kappa shape index (κ3) is 4.19. The van der Waals surface area contributed by atoms with Gasteiger partial charge in [0.15, 0.2) is 11.5 Å². The number of hydrogen-bond donors (Lipinski definition) is 0. The van der Waals surface area contributed by atoms with E-state index in [-0.39, 0.29) is 37.1 Å². The maximum absolute atomic E-state index is 13.2. The number of imide groups is 1. The van der Waals surface area contributed by atoms with Gasteiger partial charge in [0.05, 0.1) is 11.1 Å². The van der Waals surface area contributed by atoms with E-state index in [1.807, 2.05) is 36.1 Å². The molecule has 2 aliphatic heterocycles. The Bertz CT molecular complexity index is 1110. The molecular formula is C26H28N2O5. The van der Waals surface area contributed by atoms with Crippen molar-refractivity contribution in [3.63, 3.8) is 0 Å². The Hall–Kier alpha value is -3.35. The van der Waals surface area contributed by atoms with Crippen LogP contribution in [0.4, 0.5) is 0 Å². The van der Waals surface area contributed by atoms with Crippen LogP contribution in [0.5, 0.6) is 11.5 Å². The number of hydrogen-bond acceptors (Lipinski definition) is 5. The molecule has 3 aliphatic rings. The first-order chi connectivity index (χ1) is 16.0. The minimum Gasteiger partial charge on any atom is -0.454 e. The van der Waals surface area contributed by atoms with Crippen LogP contribution in [0.1, 0.15) is 70.4 Å². The second-order valence-corrected chi connectivity index (χ2v) is 9.06. The summed E-state index contributed by atoms with van der Waals surface area (Å²) in [4.78, 5) is 41.9. The fraction of sp³-hybridized carbons (Fsp3) is 0.423. The first-order valence-electron chi connectivity index (χ1n) is 11.7. The summed E-state index contributed by atoms with van der Waals surface area (Å²) in [7, 11) is 0. The van der Waals surface area contributed by atoms with Crippen molar-refractivity contribution >= 4 is 17.7 Å². The lowest BCUT2D eigenvalue weighted by atomic mass is 10.1. The molecule has 2 aromatic carbocycles. The SMILES string of the molecule is Cc1ccc2c(c1)C(=O)N(CCCC(=O)N(Cc1ccc3c(c1)OCO3)C1CCCC1)C2=O. The lowest BCUT2D eigenvalue weighted by molar-refractivity contribution is -0.134. The van der Waals surface area contributed by atoms with Gasteiger partial charge in [0.25, 0.3) is 11.8 Å². The molecule has 172 valence electrons. The smallest absolute Gasteiger partial charge is 0.261 e. The van der Waals surface area contributed by atoms with E-state index in [1.54, 1.807) is 12.1 Å². The highest BCUT2D eigenvalue weighted by molar-refractivity contribution is 6.21. The normalized spacial score (nSPS) is 17.1. The molecule has 7 nitrogen and oxygen atoms in total. The van der Waals surface area contributed by atoms with Crippen LogP contribution < -0.4 is 9.47 Å². The molecule has 2 aromatic rings. The molecule has 0 atom stereocenters. The fourth-order valence-corrected chi connectivity index (χ4v) is 5.01. The number of aryl methyl sites for hydroxylation is 1. The maximum Gasteiger partial charge on any atom is 0.261 e. The third-order valence-corrected chi connectivity index (χ3v) is 6.77. The number of fused-ring (bicyclic) bond motifs is 2. The number of carbonyl (C=O) groups is 3. The van der Waals surface area contributed by atoms with E-state index in [4.69, 9.17) is 9.47 Å². The Kier molecular flexibility index (Phi) is 5.79. The fourth-order valence-electron chi connectivity index (χ4n) is 5.01. The van der Waals surface area contributed by atoms with E-state index in [0.717, 1.165) is 42.6 Å². The van der Waals surface area contributed by atoms with E-state index < -0.39 is 0 Å². The van der Waals surface area contributed by atoms with Gasteiger partial charge in [-0.3, -0.25) is 19.3 Å². The minimum absolute atomic E-state index is 0.0621. The number of benzene rings is 2. The molecule has 33 heavy (non-hydrogen) atoms. The first-order valence-corrected chi connectivity index (χ1v) is 11.7. The van der Waals surface area contributed by atoms with Crippen LogP contribution in [-0.4, -0.2) is 46.9 Å². The zero-order chi connectivity index (χ0) is 22.9. The molecule has 0 aromatic heterocycles. The molecule has 2 heterocycles. The summed E-state index contributed by atoms with van der Waals surface area (Å²) in [5.41, 5.74) is 2.87. The van der Waals surface area contributed by atoms with E-state index in [1.165, 1.54) is 4.90 Å². The van der Waals surface area contributed by atoms with Crippen molar-refractivity contribution in [2.24, 2.45) is 0 Å². The average Bonchev–Trinajstić information content (AvgIpc) is 3.54. The minimum atomic E-state index is -0.268. The van der Waals surface area contributed by atoms with Gasteiger partial charge in [0.1, 0.15) is 0 Å². The standard InChI is InChI=1S/C26H28N2O5/c1-17-8-10-20-21(13-17)26(31)27(25(20)30)12-4-7-24(29)28(19-5-2-3-6-19)15-18-9-11-22-23(14-18)33-16-32-22/h8-11,13-14,19H,2-7,12,15-16H2,1H3. The van der Waals surface area contributed by atoms with E-state index in [9.17, 15) is 14.4 Å². The number of nitrogens with zero attached hydrogens (tertiary/aromatic N) is 2. The van der Waals surface area contributed by atoms with E-state index in [2.05, 4.69) is 0 Å². The molecule has 3 amide bonds. The van der Waals surface area contributed by atoms with Crippen LogP contribution in [0.25, 0.3) is 0 Å². The summed E-state index contributed by atoms with van der Waals surface area (Å²) in [6.07, 6.45) is 5.03. The molecule has 1 saturated carbocycles. The quantitative estimate of drug-likeness (QED) is 0.597. The highest BCUT2D eigenvalue weighted by atomic mass is 16.7. The summed E-state index contributed by atoms with van der Waals surface area (Å²) in [5.74, 6) is 0.974. The highest BCUT2D eigenvalue weighted by Gasteiger charge is 2.35. The second-order valence-electron chi connectivity index (χ2n) is 9.06. The van der Waals surface area contributed by atoms with Crippen LogP contribution in [-0.2, 0) is 11.3 Å². The van der Waals surface area contributed by atoms with Crippen molar-refractivity contribution in [1.29, 1.82) is 0 Å². The maximum atomic E-state index is 13.2. The summed E-state index contributed by atoms with van der Waals surface area (Å²) in [6.45, 7) is 2.89. The second kappa shape index (κ2) is 8.89. The predicted octanol–water partition coefficient (Wildman–Crippen LogP) is 4.07. The lowest BCUT2D eigenvalue weighted by Crippen LogP contribution is -2.39. The molecule has 0 N–H and O–H groups in total. The Morgan fingerprint density at radius 2 is 1.76 bits per heavy atom. The van der Waals surface area contributed by atoms with Crippen LogP contribution in [0.3, 0.4) is 0 Å². The Morgan fingerprint density at radius 1 is 1.00 bits per heavy atom. The van der Waals surface area contributed by atoms with E-state index >= 15 is 0 Å². The van der Waals surface area contributed by atoms with Gasteiger partial charge in [-0.05, 0) is 56.0 Å². The van der Waals surface area contributed by atoms with Crippen LogP contribution in [0.2, 0.25) is 0 Å². The average molecular weight is 449 g/mol. The Balaban J connectivity index is 1.23. The topological polar surface area (TPSA) is 76.2 Å². The molecule has 7 heteroatoms. The van der Waals surface area contributed by atoms with Crippen LogP contribution in [0.15, 0.2) is 36.4 Å². The van der Waals surface area contributed by atoms with Gasteiger partial charge in [-0.1, -0.05) is 30.5 Å². The van der Waals surface area contributed by atoms with Gasteiger partial charge < -0.3 is 14.4 Å². The Labute approximate surface area is 193 Å². The van der Waals surface area contributed by atoms with Gasteiger partial charge in [-0.15, -0.1) is 0 Å². The molecule has 0 saturated heterocycles. The molecule has 0 bridgehead atoms. The molecule has 0 unspecified atom stereocenters. The molecule has 0 radical (unpaired) electrons. The van der Waals surface area contributed by atoms with Crippen molar-refractivity contribution in [2.75, 3.05) is 13.3 Å². The zero-order valence-corrected chi connectivity index (χ0v) is 18.8. The Morgan fingerprint density at radius 3 is 2.58 bits per heavy atom. The molecule has 5 rings (SSSR count). The molecule has 0 spiro atoms. The van der Waals surface area contributed by atoms with Gasteiger partial charge in [0, 0.05) is 25.6 Å². The highest BCUT2D eigenvalue weighted by Crippen LogP contribution is 2.34. The van der Waals surface area contributed by atoms with Crippen LogP contribution in [0, 0.1) is 6.92 Å². The summed E-state index contributed by atoms with van der Waals surface area (Å²) < 4.78 is 10.9. The van der Waals surface area contributed by atoms with Crippen molar-refractivity contribution < 1.29 is 23.9 Å². The monoisotopic (exact) mass is 448 g/mol. The summed E-state index contributed by atoms with van der Waals surface area (Å²) in [6, 6.07) is 11.3. The van der Waals surface area contributed by atoms with E-state index in [0.29, 0.717) is 36.3 Å². The van der Waals surface area contributed by atoms with Gasteiger partial charge >= 0.3 is 0 Å². The summed E-state index contributed by atoms with van der Waals surface area (Å²) in [5, 5.41) is 0. The number of carbonyl (C=O) groups excluding carboxylic acids is 3. The van der Waals surface area contributed by atoms with Gasteiger partial charge in [0.2, 0.25) is 12.7 Å². The number of rotatable bonds is 7. The van der Waals surface area contributed by atoms with Crippen molar-refractivity contribution in [3.05, 3.63) is 58.7 Å². The lowest BCUT2D eigenvalue weighted by Gasteiger charge is -2.29. The molecular weight excluding hydrogens is 420 g/mol. The molecule has 1 fully saturated rings. The predicted molar refractivity (Wildman–Crippen MR) is 121 cm³/mol. The largest absolute Gasteiger partial charge is 0.454 e. The summed E-state index contributed by atoms with van der Waals surface area (Å²) >= 11 is 0. The van der Waals surface area contributed by atoms with Gasteiger partial charge in [-0.2, -0.15) is 0 Å². The number of amides is 3. The first kappa shape index (κ1) is 21.5. The van der Waals surface area contributed by atoms with Crippen molar-refractivity contribution in [2.45, 2.75) is 58.0 Å². The molecule has 1 aliphatic carbocycles. The van der Waals surface area contributed by atoms with Crippen molar-refractivity contribution in [3.8, 4) is 11.5 Å². The zero-order valence-electron chi connectivity index (χ0n) is 18.8. The van der Waals surface area contributed by atoms with Crippen molar-refractivity contribution in [1.82, 2.24) is 9.80 Å². The number of ether oxygens (including phenoxy) is 2. The van der Waals surface area contributed by atoms with Crippen LogP contribution >= 0.6 is 0 Å². The third-order valence-electron chi connectivity index (χ3n) is 6.77.